The summed E-state index contributed by atoms with van der Waals surface area (Å²) in [6.07, 6.45) is 1.15. The molecule has 12 heavy (non-hydrogen) atoms. The van der Waals surface area contributed by atoms with Gasteiger partial charge in [0, 0.05) is 0 Å². The first-order valence-electron chi connectivity index (χ1n) is 3.02. The van der Waals surface area contributed by atoms with Crippen LogP contribution < -0.4 is 0 Å². The standard InChI is InChI=1S/C4HN2O5P/c7-3-4-2(1-5-6-3)9-12(8,10-4)11-4/h1H. The van der Waals surface area contributed by atoms with Crippen molar-refractivity contribution < 1.29 is 22.9 Å². The smallest absolute Gasteiger partial charge is 0.400 e. The SMILES string of the molecule is O=C1N=NC=C2OP3(=O)OC12O3. The Hall–Kier alpha value is -1.04. The maximum absolute atomic E-state index is 11.0. The van der Waals surface area contributed by atoms with E-state index >= 15 is 0 Å². The molecule has 0 N–H and O–H groups in total. The molecule has 0 radical (unpaired) electrons. The Labute approximate surface area is 65.6 Å². The molecule has 1 spiro atoms. The number of carbonyl (C=O) groups is 1. The molecule has 0 aromatic rings. The number of hydrogen-bond acceptors (Lipinski definition) is 6. The van der Waals surface area contributed by atoms with E-state index in [9.17, 15) is 9.36 Å². The number of hydrogen-bond donors (Lipinski definition) is 0. The monoisotopic (exact) mass is 188 g/mol. The summed E-state index contributed by atoms with van der Waals surface area (Å²) < 4.78 is 25.1. The van der Waals surface area contributed by atoms with Gasteiger partial charge in [-0.3, -0.25) is 4.79 Å². The number of azo groups is 1. The minimum atomic E-state index is -3.46. The quantitative estimate of drug-likeness (QED) is 0.522. The lowest BCUT2D eigenvalue weighted by atomic mass is 10.2. The highest BCUT2D eigenvalue weighted by Gasteiger charge is 2.75. The van der Waals surface area contributed by atoms with E-state index in [1.54, 1.807) is 0 Å². The fourth-order valence-corrected chi connectivity index (χ4v) is 2.58. The van der Waals surface area contributed by atoms with Crippen molar-refractivity contribution in [2.45, 2.75) is 5.79 Å². The largest absolute Gasteiger partial charge is 0.536 e. The van der Waals surface area contributed by atoms with Crippen LogP contribution in [0.25, 0.3) is 0 Å². The van der Waals surface area contributed by atoms with Gasteiger partial charge in [0.2, 0.25) is 0 Å². The van der Waals surface area contributed by atoms with Crippen LogP contribution in [0.2, 0.25) is 0 Å². The Morgan fingerprint density at radius 1 is 1.50 bits per heavy atom. The van der Waals surface area contributed by atoms with E-state index < -0.39 is 19.5 Å². The first kappa shape index (κ1) is 6.47. The van der Waals surface area contributed by atoms with Crippen molar-refractivity contribution in [1.82, 2.24) is 0 Å². The average Bonchev–Trinajstić information content (AvgIpc) is 2.37. The van der Waals surface area contributed by atoms with Gasteiger partial charge in [0.15, 0.2) is 5.76 Å². The number of phosphoric acid groups is 1. The van der Waals surface area contributed by atoms with Crippen LogP contribution in [0.15, 0.2) is 22.2 Å². The van der Waals surface area contributed by atoms with Crippen LogP contribution >= 0.6 is 7.82 Å². The van der Waals surface area contributed by atoms with E-state index in [2.05, 4.69) is 23.8 Å². The fraction of sp³-hybridized carbons (Fsp3) is 0.250. The first-order chi connectivity index (χ1) is 5.65. The predicted molar refractivity (Wildman–Crippen MR) is 31.5 cm³/mol. The highest BCUT2D eigenvalue weighted by Crippen LogP contribution is 2.76. The Kier molecular flexibility index (Phi) is 0.818. The van der Waals surface area contributed by atoms with Crippen molar-refractivity contribution in [3.8, 4) is 0 Å². The van der Waals surface area contributed by atoms with Crippen LogP contribution in [-0.4, -0.2) is 11.7 Å². The summed E-state index contributed by atoms with van der Waals surface area (Å²) in [6.45, 7) is 0. The topological polar surface area (TPSA) is 86.6 Å². The molecule has 0 unspecified atom stereocenters. The zero-order valence-electron chi connectivity index (χ0n) is 5.46. The van der Waals surface area contributed by atoms with E-state index in [1.165, 1.54) is 0 Å². The van der Waals surface area contributed by atoms with Gasteiger partial charge in [0.05, 0.1) is 6.20 Å². The number of nitrogens with zero attached hydrogens (tertiary/aromatic N) is 2. The van der Waals surface area contributed by atoms with Crippen LogP contribution in [0, 0.1) is 0 Å². The molecule has 8 heteroatoms. The number of phosphoric ester groups is 1. The van der Waals surface area contributed by atoms with Crippen LogP contribution in [0.5, 0.6) is 0 Å². The van der Waals surface area contributed by atoms with E-state index in [0.717, 1.165) is 6.20 Å². The molecule has 0 atom stereocenters. The molecular formula is C4HN2O5P. The molecule has 0 saturated carbocycles. The summed E-state index contributed by atoms with van der Waals surface area (Å²) in [5.74, 6) is -2.40. The molecule has 3 fully saturated rings. The Morgan fingerprint density at radius 3 is 2.92 bits per heavy atom. The molecule has 62 valence electrons. The summed E-state index contributed by atoms with van der Waals surface area (Å²) in [5.41, 5.74) is 0. The van der Waals surface area contributed by atoms with E-state index in [0.29, 0.717) is 0 Å². The normalized spacial score (nSPS) is 47.7. The summed E-state index contributed by atoms with van der Waals surface area (Å²) >= 11 is 0. The summed E-state index contributed by atoms with van der Waals surface area (Å²) in [7, 11) is -3.46. The van der Waals surface area contributed by atoms with Gasteiger partial charge in [-0.25, -0.2) is 13.6 Å². The van der Waals surface area contributed by atoms with E-state index in [-0.39, 0.29) is 5.76 Å². The number of amides is 1. The van der Waals surface area contributed by atoms with Gasteiger partial charge in [0.25, 0.3) is 0 Å². The second kappa shape index (κ2) is 1.52. The Bertz CT molecular complexity index is 388. The van der Waals surface area contributed by atoms with Crippen molar-refractivity contribution in [1.29, 1.82) is 0 Å². The van der Waals surface area contributed by atoms with Gasteiger partial charge in [-0.05, 0) is 0 Å². The minimum absolute atomic E-state index is 0.0193. The van der Waals surface area contributed by atoms with E-state index in [4.69, 9.17) is 0 Å². The van der Waals surface area contributed by atoms with Crippen LogP contribution in [0.3, 0.4) is 0 Å². The second-order valence-electron chi connectivity index (χ2n) is 2.35. The lowest BCUT2D eigenvalue weighted by Crippen LogP contribution is -2.45. The molecule has 4 heterocycles. The van der Waals surface area contributed by atoms with Gasteiger partial charge < -0.3 is 4.52 Å². The van der Waals surface area contributed by atoms with Gasteiger partial charge in [-0.1, -0.05) is 0 Å². The van der Waals surface area contributed by atoms with Gasteiger partial charge in [0.1, 0.15) is 0 Å². The Morgan fingerprint density at radius 2 is 2.25 bits per heavy atom. The summed E-state index contributed by atoms with van der Waals surface area (Å²) in [5, 5.41) is 6.48. The van der Waals surface area contributed by atoms with E-state index in [1.807, 2.05) is 0 Å². The van der Waals surface area contributed by atoms with Crippen molar-refractivity contribution in [2.24, 2.45) is 10.2 Å². The maximum Gasteiger partial charge on any atom is 0.536 e. The third kappa shape index (κ3) is 0.492. The molecule has 2 bridgehead atoms. The zero-order valence-corrected chi connectivity index (χ0v) is 6.35. The van der Waals surface area contributed by atoms with Crippen LogP contribution in [-0.2, 0) is 22.9 Å². The predicted octanol–water partition coefficient (Wildman–Crippen LogP) is 0.702. The maximum atomic E-state index is 11.0. The average molecular weight is 188 g/mol. The highest BCUT2D eigenvalue weighted by molar-refractivity contribution is 7.50. The first-order valence-corrected chi connectivity index (χ1v) is 4.48. The van der Waals surface area contributed by atoms with Crippen molar-refractivity contribution in [3.05, 3.63) is 12.0 Å². The zero-order chi connectivity index (χ0) is 8.40. The molecule has 4 rings (SSSR count). The molecule has 4 aliphatic rings. The molecule has 0 aromatic carbocycles. The third-order valence-corrected chi connectivity index (χ3v) is 3.00. The van der Waals surface area contributed by atoms with Crippen LogP contribution in [0.4, 0.5) is 0 Å². The summed E-state index contributed by atoms with van der Waals surface area (Å²) in [4.78, 5) is 11.0. The highest BCUT2D eigenvalue weighted by atomic mass is 31.2. The van der Waals surface area contributed by atoms with Gasteiger partial charge >= 0.3 is 19.5 Å². The Balaban J connectivity index is 2.20. The fourth-order valence-electron chi connectivity index (χ4n) is 1.12. The number of rotatable bonds is 0. The molecule has 4 aliphatic heterocycles. The molecule has 7 nitrogen and oxygen atoms in total. The second-order valence-corrected chi connectivity index (χ2v) is 3.79. The van der Waals surface area contributed by atoms with Crippen molar-refractivity contribution >= 4 is 13.7 Å². The minimum Gasteiger partial charge on any atom is -0.400 e. The van der Waals surface area contributed by atoms with Gasteiger partial charge in [-0.15, -0.1) is 5.11 Å². The van der Waals surface area contributed by atoms with Gasteiger partial charge in [-0.2, -0.15) is 5.11 Å². The van der Waals surface area contributed by atoms with Crippen molar-refractivity contribution in [2.75, 3.05) is 0 Å². The molecule has 0 aromatic heterocycles. The lowest BCUT2D eigenvalue weighted by Gasteiger charge is -2.28. The molecular weight excluding hydrogens is 187 g/mol. The number of carbonyl (C=O) groups excluding carboxylic acids is 1. The molecule has 0 aliphatic carbocycles. The molecule has 3 saturated heterocycles. The third-order valence-electron chi connectivity index (χ3n) is 1.62. The summed E-state index contributed by atoms with van der Waals surface area (Å²) in [6, 6.07) is 0. The van der Waals surface area contributed by atoms with Crippen LogP contribution in [0.1, 0.15) is 0 Å². The lowest BCUT2D eigenvalue weighted by molar-refractivity contribution is -0.176. The van der Waals surface area contributed by atoms with Crippen molar-refractivity contribution in [3.63, 3.8) is 0 Å². The molecule has 1 amide bonds.